The van der Waals surface area contributed by atoms with E-state index in [1.165, 1.54) is 12.1 Å². The molecule has 22 heavy (non-hydrogen) atoms. The van der Waals surface area contributed by atoms with E-state index in [1.54, 1.807) is 0 Å². The molecule has 1 aliphatic carbocycles. The van der Waals surface area contributed by atoms with E-state index in [-0.39, 0.29) is 41.2 Å². The van der Waals surface area contributed by atoms with Gasteiger partial charge in [0, 0.05) is 29.0 Å². The third kappa shape index (κ3) is 2.47. The molecule has 1 fully saturated rings. The predicted octanol–water partition coefficient (Wildman–Crippen LogP) is 1.57. The van der Waals surface area contributed by atoms with Gasteiger partial charge in [-0.3, -0.25) is 24.5 Å². The fraction of sp³-hybridized carbons (Fsp3) is 0.250. The van der Waals surface area contributed by atoms with Gasteiger partial charge in [0.05, 0.1) is 0 Å². The molecule has 1 aromatic carbocycles. The zero-order chi connectivity index (χ0) is 15.9. The Labute approximate surface area is 125 Å². The number of rotatable bonds is 2. The molecule has 5 nitrogen and oxygen atoms in total. The fourth-order valence-corrected chi connectivity index (χ4v) is 2.74. The SMILES string of the molecule is O=C1CCC(CC2=CC(=O)c3ccc(F)cc3C2=O)C(=O)N1. The van der Waals surface area contributed by atoms with Crippen LogP contribution in [0.25, 0.3) is 0 Å². The Morgan fingerprint density at radius 1 is 1.14 bits per heavy atom. The van der Waals surface area contributed by atoms with E-state index < -0.39 is 23.4 Å². The van der Waals surface area contributed by atoms with Gasteiger partial charge in [-0.2, -0.15) is 0 Å². The van der Waals surface area contributed by atoms with Gasteiger partial charge < -0.3 is 0 Å². The number of ketones is 2. The van der Waals surface area contributed by atoms with Gasteiger partial charge in [-0.25, -0.2) is 4.39 Å². The molecule has 3 rings (SSSR count). The third-order valence-corrected chi connectivity index (χ3v) is 3.91. The van der Waals surface area contributed by atoms with E-state index in [0.717, 1.165) is 12.1 Å². The molecule has 1 heterocycles. The highest BCUT2D eigenvalue weighted by molar-refractivity contribution is 6.24. The van der Waals surface area contributed by atoms with Gasteiger partial charge in [-0.05, 0) is 37.1 Å². The Balaban J connectivity index is 1.87. The van der Waals surface area contributed by atoms with E-state index in [0.29, 0.717) is 6.42 Å². The lowest BCUT2D eigenvalue weighted by molar-refractivity contribution is -0.136. The number of amides is 2. The maximum absolute atomic E-state index is 13.3. The first kappa shape index (κ1) is 14.3. The maximum atomic E-state index is 13.3. The topological polar surface area (TPSA) is 80.3 Å². The lowest BCUT2D eigenvalue weighted by Crippen LogP contribution is -2.41. The van der Waals surface area contributed by atoms with Gasteiger partial charge >= 0.3 is 0 Å². The third-order valence-electron chi connectivity index (χ3n) is 3.91. The highest BCUT2D eigenvalue weighted by atomic mass is 19.1. The summed E-state index contributed by atoms with van der Waals surface area (Å²) in [4.78, 5) is 47.3. The number of carbonyl (C=O) groups is 4. The summed E-state index contributed by atoms with van der Waals surface area (Å²) < 4.78 is 13.3. The van der Waals surface area contributed by atoms with E-state index in [9.17, 15) is 23.6 Å². The summed E-state index contributed by atoms with van der Waals surface area (Å²) in [5, 5.41) is 2.21. The highest BCUT2D eigenvalue weighted by Crippen LogP contribution is 2.28. The summed E-state index contributed by atoms with van der Waals surface area (Å²) in [6, 6.07) is 3.44. The monoisotopic (exact) mass is 301 g/mol. The Kier molecular flexibility index (Phi) is 3.44. The van der Waals surface area contributed by atoms with Crippen LogP contribution in [-0.4, -0.2) is 23.4 Å². The van der Waals surface area contributed by atoms with Crippen molar-refractivity contribution in [1.82, 2.24) is 5.32 Å². The minimum Gasteiger partial charge on any atom is -0.296 e. The molecule has 0 spiro atoms. The Hall–Kier alpha value is -2.63. The molecule has 0 saturated carbocycles. The number of piperidine rings is 1. The molecular formula is C16H12FNO4. The van der Waals surface area contributed by atoms with E-state index >= 15 is 0 Å². The van der Waals surface area contributed by atoms with E-state index in [4.69, 9.17) is 0 Å². The maximum Gasteiger partial charge on any atom is 0.230 e. The summed E-state index contributed by atoms with van der Waals surface area (Å²) in [6.45, 7) is 0. The van der Waals surface area contributed by atoms with Crippen LogP contribution in [-0.2, 0) is 9.59 Å². The van der Waals surface area contributed by atoms with Crippen molar-refractivity contribution in [1.29, 1.82) is 0 Å². The number of imide groups is 1. The quantitative estimate of drug-likeness (QED) is 0.841. The molecule has 0 radical (unpaired) electrons. The summed E-state index contributed by atoms with van der Waals surface area (Å²) in [6.07, 6.45) is 1.81. The first-order valence-corrected chi connectivity index (χ1v) is 6.88. The lowest BCUT2D eigenvalue weighted by Gasteiger charge is -2.23. The number of hydrogen-bond acceptors (Lipinski definition) is 4. The van der Waals surface area contributed by atoms with Crippen LogP contribution in [0.5, 0.6) is 0 Å². The average Bonchev–Trinajstić information content (AvgIpc) is 2.47. The number of Topliss-reactive ketones (excluding diaryl/α,β-unsaturated/α-hetero) is 1. The van der Waals surface area contributed by atoms with Crippen molar-refractivity contribution in [2.75, 3.05) is 0 Å². The largest absolute Gasteiger partial charge is 0.296 e. The van der Waals surface area contributed by atoms with Gasteiger partial charge in [-0.15, -0.1) is 0 Å². The van der Waals surface area contributed by atoms with Crippen LogP contribution in [0.1, 0.15) is 40.0 Å². The zero-order valence-corrected chi connectivity index (χ0v) is 11.5. The number of halogens is 1. The molecule has 2 amide bonds. The molecule has 1 aromatic rings. The first-order chi connectivity index (χ1) is 10.5. The smallest absolute Gasteiger partial charge is 0.230 e. The molecular weight excluding hydrogens is 289 g/mol. The summed E-state index contributed by atoms with van der Waals surface area (Å²) in [5.41, 5.74) is 0.366. The Morgan fingerprint density at radius 3 is 2.64 bits per heavy atom. The van der Waals surface area contributed by atoms with Crippen LogP contribution < -0.4 is 5.32 Å². The van der Waals surface area contributed by atoms with Crippen LogP contribution in [0, 0.1) is 11.7 Å². The standard InChI is InChI=1S/C16H12FNO4/c17-10-2-3-11-12(7-10)15(21)9(6-13(11)19)5-8-1-4-14(20)18-16(8)22/h2-3,6-8H,1,4-5H2,(H,18,20,22). The number of hydrogen-bond donors (Lipinski definition) is 1. The second-order valence-electron chi connectivity index (χ2n) is 5.41. The molecule has 6 heteroatoms. The molecule has 1 atom stereocenters. The van der Waals surface area contributed by atoms with Gasteiger partial charge in [0.1, 0.15) is 5.82 Å². The Morgan fingerprint density at radius 2 is 1.91 bits per heavy atom. The molecule has 0 aromatic heterocycles. The predicted molar refractivity (Wildman–Crippen MR) is 73.6 cm³/mol. The number of fused-ring (bicyclic) bond motifs is 1. The highest BCUT2D eigenvalue weighted by Gasteiger charge is 2.32. The molecule has 1 aliphatic heterocycles. The summed E-state index contributed by atoms with van der Waals surface area (Å²) >= 11 is 0. The molecule has 1 N–H and O–H groups in total. The van der Waals surface area contributed by atoms with Crippen molar-refractivity contribution in [2.45, 2.75) is 19.3 Å². The van der Waals surface area contributed by atoms with Crippen LogP contribution in [0.15, 0.2) is 29.8 Å². The first-order valence-electron chi connectivity index (χ1n) is 6.88. The Bertz CT molecular complexity index is 751. The van der Waals surface area contributed by atoms with Crippen molar-refractivity contribution in [3.05, 3.63) is 46.8 Å². The summed E-state index contributed by atoms with van der Waals surface area (Å²) in [7, 11) is 0. The van der Waals surface area contributed by atoms with Crippen LogP contribution in [0.3, 0.4) is 0 Å². The minimum absolute atomic E-state index is 0.0230. The minimum atomic E-state index is -0.595. The summed E-state index contributed by atoms with van der Waals surface area (Å²) in [5.74, 6) is -2.73. The van der Waals surface area contributed by atoms with Crippen LogP contribution in [0.2, 0.25) is 0 Å². The van der Waals surface area contributed by atoms with Crippen molar-refractivity contribution >= 4 is 23.4 Å². The number of carbonyl (C=O) groups excluding carboxylic acids is 4. The van der Waals surface area contributed by atoms with Gasteiger partial charge in [0.25, 0.3) is 0 Å². The van der Waals surface area contributed by atoms with Gasteiger partial charge in [-0.1, -0.05) is 0 Å². The normalized spacial score (nSPS) is 21.3. The number of allylic oxidation sites excluding steroid dienone is 2. The molecule has 112 valence electrons. The van der Waals surface area contributed by atoms with Crippen molar-refractivity contribution in [2.24, 2.45) is 5.92 Å². The fourth-order valence-electron chi connectivity index (χ4n) is 2.74. The zero-order valence-electron chi connectivity index (χ0n) is 11.5. The number of benzene rings is 1. The number of nitrogens with one attached hydrogen (secondary N) is 1. The van der Waals surface area contributed by atoms with Crippen molar-refractivity contribution in [3.63, 3.8) is 0 Å². The van der Waals surface area contributed by atoms with E-state index in [1.807, 2.05) is 0 Å². The average molecular weight is 301 g/mol. The van der Waals surface area contributed by atoms with Crippen molar-refractivity contribution in [3.8, 4) is 0 Å². The second kappa shape index (κ2) is 5.29. The van der Waals surface area contributed by atoms with E-state index in [2.05, 4.69) is 5.32 Å². The van der Waals surface area contributed by atoms with Gasteiger partial charge in [0.2, 0.25) is 11.8 Å². The van der Waals surface area contributed by atoms with Crippen LogP contribution in [0.4, 0.5) is 4.39 Å². The molecule has 1 saturated heterocycles. The second-order valence-corrected chi connectivity index (χ2v) is 5.41. The molecule has 1 unspecified atom stereocenters. The van der Waals surface area contributed by atoms with Crippen molar-refractivity contribution < 1.29 is 23.6 Å². The molecule has 2 aliphatic rings. The van der Waals surface area contributed by atoms with Gasteiger partial charge in [0.15, 0.2) is 11.6 Å². The lowest BCUT2D eigenvalue weighted by atomic mass is 9.83. The van der Waals surface area contributed by atoms with Crippen LogP contribution >= 0.6 is 0 Å². The molecule has 0 bridgehead atoms.